The van der Waals surface area contributed by atoms with E-state index in [1.54, 1.807) is 65.3 Å². The fraction of sp³-hybridized carbons (Fsp3) is 0.261. The van der Waals surface area contributed by atoms with E-state index in [4.69, 9.17) is 0 Å². The molecule has 0 aliphatic carbocycles. The van der Waals surface area contributed by atoms with Crippen molar-refractivity contribution < 1.29 is 43.5 Å². The molecule has 63 heavy (non-hydrogen) atoms. The Kier molecular flexibility index (Phi) is 14.5. The number of amides is 4. The highest BCUT2D eigenvalue weighted by Gasteiger charge is 2.36. The van der Waals surface area contributed by atoms with Gasteiger partial charge >= 0.3 is 5.97 Å². The van der Waals surface area contributed by atoms with Gasteiger partial charge in [-0.15, -0.1) is 0 Å². The Bertz CT molecular complexity index is 2700. The van der Waals surface area contributed by atoms with Gasteiger partial charge in [-0.1, -0.05) is 51.3 Å². The smallest absolute Gasteiger partial charge is 0.337 e. The van der Waals surface area contributed by atoms with Crippen LogP contribution in [0.1, 0.15) is 90.8 Å². The molecule has 17 nitrogen and oxygen atoms in total. The molecule has 6 aromatic rings. The monoisotopic (exact) mass is 856 g/mol. The molecule has 8 rings (SSSR count). The van der Waals surface area contributed by atoms with Crippen LogP contribution >= 0.6 is 0 Å². The number of hydrogen-bond acceptors (Lipinski definition) is 10. The van der Waals surface area contributed by atoms with Crippen LogP contribution < -0.4 is 0 Å². The second-order valence-electron chi connectivity index (χ2n) is 14.6. The number of H-pyrrole nitrogens is 2. The number of aldehydes is 1. The fourth-order valence-electron chi connectivity index (χ4n) is 7.60. The molecule has 3 N–H and O–H groups in total. The molecule has 2 fully saturated rings. The Morgan fingerprint density at radius 2 is 1.03 bits per heavy atom. The van der Waals surface area contributed by atoms with Crippen LogP contribution in [0.3, 0.4) is 0 Å². The van der Waals surface area contributed by atoms with Gasteiger partial charge in [-0.3, -0.25) is 43.5 Å². The number of nitrogens with one attached hydrogen (secondary N) is 2. The van der Waals surface area contributed by atoms with E-state index in [2.05, 4.69) is 19.9 Å². The summed E-state index contributed by atoms with van der Waals surface area (Å²) in [5.41, 5.74) is 2.72. The van der Waals surface area contributed by atoms with Gasteiger partial charge in [0.05, 0.1) is 33.2 Å². The number of hydrogen-bond donors (Lipinski definition) is 3. The van der Waals surface area contributed by atoms with Crippen LogP contribution in [0.15, 0.2) is 97.6 Å². The van der Waals surface area contributed by atoms with Gasteiger partial charge < -0.3 is 34.7 Å². The third-order valence-electron chi connectivity index (χ3n) is 10.8. The largest absolute Gasteiger partial charge is 0.478 e. The van der Waals surface area contributed by atoms with Gasteiger partial charge in [-0.2, -0.15) is 0 Å². The first-order valence-corrected chi connectivity index (χ1v) is 19.4. The zero-order chi connectivity index (χ0) is 43.4. The average Bonchev–Trinajstić information content (AvgIpc) is 3.93. The van der Waals surface area contributed by atoms with Gasteiger partial charge in [0.25, 0.3) is 35.2 Å². The minimum absolute atomic E-state index is 0. The summed E-state index contributed by atoms with van der Waals surface area (Å²) in [7, 11) is 0. The first-order chi connectivity index (χ1) is 29.4. The summed E-state index contributed by atoms with van der Waals surface area (Å²) in [6.07, 6.45) is 6.10. The Balaban J connectivity index is 0.000000230. The number of fused-ring (bicyclic) bond motifs is 2. The number of carboxylic acid groups (broad SMARTS) is 1. The van der Waals surface area contributed by atoms with Crippen molar-refractivity contribution in [1.29, 1.82) is 0 Å². The van der Waals surface area contributed by atoms with Crippen LogP contribution in [0, 0.1) is 0 Å². The highest BCUT2D eigenvalue weighted by molar-refractivity contribution is 6.45. The van der Waals surface area contributed by atoms with E-state index in [9.17, 15) is 43.5 Å². The number of aromatic carboxylic acids is 1. The van der Waals surface area contributed by atoms with Crippen LogP contribution in [-0.4, -0.2) is 143 Å². The predicted octanol–water partition coefficient (Wildman–Crippen LogP) is 5.02. The molecular formula is C46H48N8O9. The van der Waals surface area contributed by atoms with Crippen molar-refractivity contribution in [1.82, 2.24) is 39.5 Å². The molecule has 4 amide bonds. The first-order valence-electron chi connectivity index (χ1n) is 19.4. The molecule has 2 aliphatic rings. The third-order valence-corrected chi connectivity index (χ3v) is 10.8. The Morgan fingerprint density at radius 1 is 0.603 bits per heavy atom. The third kappa shape index (κ3) is 9.27. The molecule has 6 heterocycles. The van der Waals surface area contributed by atoms with Crippen molar-refractivity contribution in [2.45, 2.75) is 40.8 Å². The van der Waals surface area contributed by atoms with Gasteiger partial charge in [0.2, 0.25) is 0 Å². The maximum Gasteiger partial charge on any atom is 0.337 e. The second-order valence-corrected chi connectivity index (χ2v) is 14.6. The van der Waals surface area contributed by atoms with E-state index in [1.807, 2.05) is 19.1 Å². The molecule has 0 unspecified atom stereocenters. The number of aromatic nitrogens is 4. The lowest BCUT2D eigenvalue weighted by Crippen LogP contribution is -2.56. The van der Waals surface area contributed by atoms with E-state index in [0.29, 0.717) is 60.2 Å². The van der Waals surface area contributed by atoms with Gasteiger partial charge in [0.15, 0.2) is 6.29 Å². The zero-order valence-electron chi connectivity index (χ0n) is 33.1. The van der Waals surface area contributed by atoms with Crippen molar-refractivity contribution in [3.05, 3.63) is 131 Å². The van der Waals surface area contributed by atoms with Crippen LogP contribution in [0.4, 0.5) is 0 Å². The van der Waals surface area contributed by atoms with E-state index in [-0.39, 0.29) is 79.6 Å². The molecule has 0 radical (unpaired) electrons. The molecule has 2 aliphatic heterocycles. The van der Waals surface area contributed by atoms with Gasteiger partial charge in [-0.05, 0) is 50.2 Å². The van der Waals surface area contributed by atoms with E-state index < -0.39 is 29.4 Å². The molecule has 2 saturated heterocycles. The summed E-state index contributed by atoms with van der Waals surface area (Å²) in [4.78, 5) is 120. The van der Waals surface area contributed by atoms with Crippen molar-refractivity contribution in [2.75, 3.05) is 39.3 Å². The van der Waals surface area contributed by atoms with Gasteiger partial charge in [0, 0.05) is 92.8 Å². The number of piperazine rings is 2. The molecular weight excluding hydrogens is 809 g/mol. The normalized spacial score (nSPS) is 15.9. The predicted molar refractivity (Wildman–Crippen MR) is 234 cm³/mol. The summed E-state index contributed by atoms with van der Waals surface area (Å²) in [6.45, 7) is 5.39. The summed E-state index contributed by atoms with van der Waals surface area (Å²) in [6, 6.07) is 20.1. The highest BCUT2D eigenvalue weighted by atomic mass is 16.4. The molecule has 0 bridgehead atoms. The lowest BCUT2D eigenvalue weighted by molar-refractivity contribution is -0.130. The Morgan fingerprint density at radius 3 is 1.46 bits per heavy atom. The minimum atomic E-state index is -1.16. The summed E-state index contributed by atoms with van der Waals surface area (Å²) in [5, 5.41) is 9.29. The number of benzene rings is 2. The van der Waals surface area contributed by atoms with Crippen molar-refractivity contribution in [3.63, 3.8) is 0 Å². The van der Waals surface area contributed by atoms with Gasteiger partial charge in [0.1, 0.15) is 5.52 Å². The summed E-state index contributed by atoms with van der Waals surface area (Å²) >= 11 is 0. The van der Waals surface area contributed by atoms with Crippen LogP contribution in [0.5, 0.6) is 0 Å². The number of carbonyl (C=O) groups is 8. The number of rotatable bonds is 8. The minimum Gasteiger partial charge on any atom is -0.478 e. The number of carbonyl (C=O) groups excluding carboxylic acids is 7. The maximum absolute atomic E-state index is 12.9. The fourth-order valence-corrected chi connectivity index (χ4v) is 7.60. The quantitative estimate of drug-likeness (QED) is 0.105. The van der Waals surface area contributed by atoms with Crippen molar-refractivity contribution >= 4 is 69.5 Å². The number of carboxylic acids is 1. The standard InChI is InChI=1S/C22H20N4O5.C22H20N4O4.2CH4/c1-13-12-25(20(28)14-5-3-2-4-6-14)9-10-26(13)21(29)19(27)16-11-24-17-15(22(30)31)7-8-23-18(16)17;1-14-12-25(21(29)15-5-3-2-4-6-15)9-10-26(14)22(30)20(28)17-11-24-18-16(13-27)7-8-23-19(17)18;;/h2-8,11,13,24H,9-10,12H2,1H3,(H,30,31);2-8,11,13-14,24H,9-10,12H2,1H3;2*1H4/t13-;14-;;/m11../s1. The summed E-state index contributed by atoms with van der Waals surface area (Å²) in [5.74, 6) is -4.18. The molecule has 2 atom stereocenters. The van der Waals surface area contributed by atoms with Crippen LogP contribution in [0.2, 0.25) is 0 Å². The number of pyridine rings is 2. The SMILES string of the molecule is C.C.C[C@@H]1CN(C(=O)c2ccccc2)CCN1C(=O)C(=O)c1c[nH]c2c(C(=O)O)ccnc12.C[C@@H]1CN(C(=O)c2ccccc2)CCN1C(=O)C(=O)c1c[nH]c2c(C=O)ccnc12. The van der Waals surface area contributed by atoms with Crippen LogP contribution in [0.25, 0.3) is 22.1 Å². The Hall–Kier alpha value is -7.82. The number of ketones is 2. The zero-order valence-corrected chi connectivity index (χ0v) is 33.1. The first kappa shape index (κ1) is 46.2. The van der Waals surface area contributed by atoms with E-state index in [1.165, 1.54) is 46.7 Å². The number of nitrogens with zero attached hydrogens (tertiary/aromatic N) is 6. The Labute approximate surface area is 362 Å². The number of aromatic amines is 2. The lowest BCUT2D eigenvalue weighted by Gasteiger charge is -2.39. The van der Waals surface area contributed by atoms with Crippen molar-refractivity contribution in [2.24, 2.45) is 0 Å². The molecule has 326 valence electrons. The molecule has 0 saturated carbocycles. The maximum atomic E-state index is 12.9. The van der Waals surface area contributed by atoms with Crippen molar-refractivity contribution in [3.8, 4) is 0 Å². The van der Waals surface area contributed by atoms with E-state index in [0.717, 1.165) is 0 Å². The topological polar surface area (TPSA) is 227 Å². The van der Waals surface area contributed by atoms with E-state index >= 15 is 0 Å². The van der Waals surface area contributed by atoms with Crippen LogP contribution in [-0.2, 0) is 9.59 Å². The molecule has 17 heteroatoms. The molecule has 2 aromatic carbocycles. The highest BCUT2D eigenvalue weighted by Crippen LogP contribution is 2.24. The molecule has 0 spiro atoms. The number of Topliss-reactive ketones (excluding diaryl/α,β-unsaturated/α-hetero) is 2. The average molecular weight is 857 g/mol. The van der Waals surface area contributed by atoms with Gasteiger partial charge in [-0.25, -0.2) is 4.79 Å². The molecule has 4 aromatic heterocycles. The summed E-state index contributed by atoms with van der Waals surface area (Å²) < 4.78 is 0. The second kappa shape index (κ2) is 19.7. The lowest BCUT2D eigenvalue weighted by atomic mass is 10.1.